The first-order valence-corrected chi connectivity index (χ1v) is 8.09. The van der Waals surface area contributed by atoms with E-state index >= 15 is 0 Å². The minimum Gasteiger partial charge on any atom is -0.394 e. The molecule has 2 saturated heterocycles. The van der Waals surface area contributed by atoms with Crippen LogP contribution in [0.5, 0.6) is 0 Å². The fraction of sp³-hybridized carbons (Fsp3) is 0.588. The molecule has 0 saturated carbocycles. The van der Waals surface area contributed by atoms with Gasteiger partial charge in [0.1, 0.15) is 0 Å². The largest absolute Gasteiger partial charge is 0.394 e. The van der Waals surface area contributed by atoms with Crippen molar-refractivity contribution in [2.24, 2.45) is 0 Å². The van der Waals surface area contributed by atoms with E-state index in [-0.39, 0.29) is 18.6 Å². The van der Waals surface area contributed by atoms with Crippen LogP contribution in [0.4, 0.5) is 0 Å². The number of ether oxygens (including phenoxy) is 1. The quantitative estimate of drug-likeness (QED) is 0.905. The molecule has 0 aliphatic carbocycles. The summed E-state index contributed by atoms with van der Waals surface area (Å²) in [6, 6.07) is 7.87. The van der Waals surface area contributed by atoms with Crippen LogP contribution < -0.4 is 0 Å². The predicted molar refractivity (Wildman–Crippen MR) is 83.7 cm³/mol. The SMILES string of the molecule is O=C(c1cccc(CN2CCOCC2)c1)N1CCC[C@@H]1CO. The van der Waals surface area contributed by atoms with Gasteiger partial charge in [0.2, 0.25) is 0 Å². The van der Waals surface area contributed by atoms with Gasteiger partial charge in [0.15, 0.2) is 0 Å². The molecule has 2 heterocycles. The average molecular weight is 304 g/mol. The number of nitrogens with zero attached hydrogens (tertiary/aromatic N) is 2. The van der Waals surface area contributed by atoms with Gasteiger partial charge in [-0.25, -0.2) is 0 Å². The molecule has 1 atom stereocenters. The number of aliphatic hydroxyl groups is 1. The van der Waals surface area contributed by atoms with Crippen LogP contribution in [0.25, 0.3) is 0 Å². The van der Waals surface area contributed by atoms with Crippen molar-refractivity contribution in [2.75, 3.05) is 39.5 Å². The Bertz CT molecular complexity index is 514. The molecule has 22 heavy (non-hydrogen) atoms. The first-order chi connectivity index (χ1) is 10.8. The van der Waals surface area contributed by atoms with Gasteiger partial charge in [0.05, 0.1) is 25.9 Å². The van der Waals surface area contributed by atoms with Crippen LogP contribution in [-0.2, 0) is 11.3 Å². The van der Waals surface area contributed by atoms with Crippen LogP contribution >= 0.6 is 0 Å². The second kappa shape index (κ2) is 7.22. The fourth-order valence-electron chi connectivity index (χ4n) is 3.28. The molecule has 0 spiro atoms. The molecule has 5 nitrogen and oxygen atoms in total. The minimum atomic E-state index is -0.0181. The standard InChI is InChI=1S/C17H24N2O3/c20-13-16-5-2-6-19(16)17(21)15-4-1-3-14(11-15)12-18-7-9-22-10-8-18/h1,3-4,11,16,20H,2,5-10,12-13H2/t16-/m1/s1. The molecule has 1 aromatic carbocycles. The maximum Gasteiger partial charge on any atom is 0.254 e. The van der Waals surface area contributed by atoms with Gasteiger partial charge in [0.25, 0.3) is 5.91 Å². The summed E-state index contributed by atoms with van der Waals surface area (Å²) in [6.07, 6.45) is 1.88. The van der Waals surface area contributed by atoms with E-state index < -0.39 is 0 Å². The molecule has 2 fully saturated rings. The summed E-state index contributed by atoms with van der Waals surface area (Å²) in [5, 5.41) is 9.39. The Balaban J connectivity index is 1.68. The lowest BCUT2D eigenvalue weighted by atomic mass is 10.1. The van der Waals surface area contributed by atoms with Crippen molar-refractivity contribution in [3.8, 4) is 0 Å². The Morgan fingerprint density at radius 1 is 1.27 bits per heavy atom. The van der Waals surface area contributed by atoms with Crippen molar-refractivity contribution < 1.29 is 14.6 Å². The number of hydrogen-bond donors (Lipinski definition) is 1. The summed E-state index contributed by atoms with van der Waals surface area (Å²) in [6.45, 7) is 5.10. The molecule has 120 valence electrons. The molecule has 0 bridgehead atoms. The van der Waals surface area contributed by atoms with Crippen molar-refractivity contribution in [3.63, 3.8) is 0 Å². The van der Waals surface area contributed by atoms with E-state index in [1.807, 2.05) is 23.1 Å². The van der Waals surface area contributed by atoms with Gasteiger partial charge in [-0.1, -0.05) is 12.1 Å². The molecular formula is C17H24N2O3. The van der Waals surface area contributed by atoms with Gasteiger partial charge in [-0.3, -0.25) is 9.69 Å². The van der Waals surface area contributed by atoms with Gasteiger partial charge >= 0.3 is 0 Å². The number of rotatable bonds is 4. The van der Waals surface area contributed by atoms with Crippen LogP contribution in [0.2, 0.25) is 0 Å². The van der Waals surface area contributed by atoms with E-state index in [9.17, 15) is 9.90 Å². The lowest BCUT2D eigenvalue weighted by Crippen LogP contribution is -2.38. The van der Waals surface area contributed by atoms with Crippen molar-refractivity contribution in [3.05, 3.63) is 35.4 Å². The maximum absolute atomic E-state index is 12.6. The molecule has 0 aromatic heterocycles. The molecule has 2 aliphatic rings. The van der Waals surface area contributed by atoms with Crippen molar-refractivity contribution in [1.82, 2.24) is 9.80 Å². The Labute approximate surface area is 131 Å². The normalized spacial score (nSPS) is 23.0. The van der Waals surface area contributed by atoms with Crippen LogP contribution in [0.15, 0.2) is 24.3 Å². The highest BCUT2D eigenvalue weighted by molar-refractivity contribution is 5.94. The molecule has 1 N–H and O–H groups in total. The van der Waals surface area contributed by atoms with Gasteiger partial charge in [-0.2, -0.15) is 0 Å². The van der Waals surface area contributed by atoms with Gasteiger partial charge in [0, 0.05) is 31.7 Å². The third-order valence-electron chi connectivity index (χ3n) is 4.53. The van der Waals surface area contributed by atoms with Crippen LogP contribution in [0.3, 0.4) is 0 Å². The predicted octanol–water partition coefficient (Wildman–Crippen LogP) is 1.12. The number of morpholine rings is 1. The molecule has 2 aliphatic heterocycles. The topological polar surface area (TPSA) is 53.0 Å². The highest BCUT2D eigenvalue weighted by Crippen LogP contribution is 2.20. The number of likely N-dealkylation sites (tertiary alicyclic amines) is 1. The van der Waals surface area contributed by atoms with E-state index in [1.165, 1.54) is 0 Å². The van der Waals surface area contributed by atoms with Gasteiger partial charge < -0.3 is 14.7 Å². The lowest BCUT2D eigenvalue weighted by molar-refractivity contribution is 0.0341. The van der Waals surface area contributed by atoms with E-state index in [2.05, 4.69) is 11.0 Å². The Morgan fingerprint density at radius 3 is 2.86 bits per heavy atom. The van der Waals surface area contributed by atoms with Gasteiger partial charge in [-0.05, 0) is 30.5 Å². The Hall–Kier alpha value is -1.43. The van der Waals surface area contributed by atoms with Crippen molar-refractivity contribution >= 4 is 5.91 Å². The molecule has 1 amide bonds. The number of hydrogen-bond acceptors (Lipinski definition) is 4. The summed E-state index contributed by atoms with van der Waals surface area (Å²) in [4.78, 5) is 16.8. The fourth-order valence-corrected chi connectivity index (χ4v) is 3.28. The first-order valence-electron chi connectivity index (χ1n) is 8.09. The minimum absolute atomic E-state index is 0.0181. The smallest absolute Gasteiger partial charge is 0.254 e. The zero-order chi connectivity index (χ0) is 15.4. The lowest BCUT2D eigenvalue weighted by Gasteiger charge is -2.27. The van der Waals surface area contributed by atoms with E-state index in [0.29, 0.717) is 0 Å². The van der Waals surface area contributed by atoms with Gasteiger partial charge in [-0.15, -0.1) is 0 Å². The molecule has 0 unspecified atom stereocenters. The number of carbonyl (C=O) groups excluding carboxylic acids is 1. The second-order valence-corrected chi connectivity index (χ2v) is 6.07. The van der Waals surface area contributed by atoms with E-state index in [0.717, 1.165) is 63.4 Å². The highest BCUT2D eigenvalue weighted by atomic mass is 16.5. The number of carbonyl (C=O) groups is 1. The van der Waals surface area contributed by atoms with Crippen LogP contribution in [0, 0.1) is 0 Å². The molecular weight excluding hydrogens is 280 g/mol. The summed E-state index contributed by atoms with van der Waals surface area (Å²) < 4.78 is 5.36. The Kier molecular flexibility index (Phi) is 5.08. The molecule has 0 radical (unpaired) electrons. The monoisotopic (exact) mass is 304 g/mol. The summed E-state index contributed by atoms with van der Waals surface area (Å²) in [7, 11) is 0. The number of aliphatic hydroxyl groups excluding tert-OH is 1. The third-order valence-corrected chi connectivity index (χ3v) is 4.53. The second-order valence-electron chi connectivity index (χ2n) is 6.07. The van der Waals surface area contributed by atoms with E-state index in [4.69, 9.17) is 4.74 Å². The Morgan fingerprint density at radius 2 is 2.09 bits per heavy atom. The molecule has 5 heteroatoms. The van der Waals surface area contributed by atoms with Crippen molar-refractivity contribution in [1.29, 1.82) is 0 Å². The summed E-state index contributed by atoms with van der Waals surface area (Å²) in [5.41, 5.74) is 1.89. The zero-order valence-electron chi connectivity index (χ0n) is 12.9. The molecule has 3 rings (SSSR count). The average Bonchev–Trinajstić information content (AvgIpc) is 3.04. The van der Waals surface area contributed by atoms with E-state index in [1.54, 1.807) is 0 Å². The summed E-state index contributed by atoms with van der Waals surface area (Å²) in [5.74, 6) is 0.0420. The third kappa shape index (κ3) is 3.48. The molecule has 1 aromatic rings. The highest BCUT2D eigenvalue weighted by Gasteiger charge is 2.28. The van der Waals surface area contributed by atoms with Crippen LogP contribution in [0.1, 0.15) is 28.8 Å². The first kappa shape index (κ1) is 15.5. The van der Waals surface area contributed by atoms with Crippen molar-refractivity contribution in [2.45, 2.75) is 25.4 Å². The van der Waals surface area contributed by atoms with Crippen LogP contribution in [-0.4, -0.2) is 66.3 Å². The zero-order valence-corrected chi connectivity index (χ0v) is 12.9. The summed E-state index contributed by atoms with van der Waals surface area (Å²) >= 11 is 0. The number of amides is 1. The maximum atomic E-state index is 12.6. The number of benzene rings is 1.